The van der Waals surface area contributed by atoms with E-state index in [1.165, 1.54) is 11.1 Å². The molecule has 1 unspecified atom stereocenters. The average molecular weight is 388 g/mol. The van der Waals surface area contributed by atoms with E-state index < -0.39 is 18.2 Å². The lowest BCUT2D eigenvalue weighted by molar-refractivity contribution is 0.142. The minimum Gasteiger partial charge on any atom is -0.447 e. The van der Waals surface area contributed by atoms with E-state index in [1.54, 1.807) is 25.1 Å². The molecule has 8 heteroatoms. The molecule has 1 saturated heterocycles. The molecule has 150 valence electrons. The molecule has 1 aliphatic rings. The third kappa shape index (κ3) is 4.06. The number of aliphatic hydroxyl groups excluding tert-OH is 1. The van der Waals surface area contributed by atoms with Crippen molar-refractivity contribution in [3.63, 3.8) is 0 Å². The summed E-state index contributed by atoms with van der Waals surface area (Å²) in [5.41, 5.74) is 1.43. The molecule has 1 fully saturated rings. The molecule has 1 amide bonds. The van der Waals surface area contributed by atoms with Crippen molar-refractivity contribution in [2.45, 2.75) is 51.8 Å². The Kier molecular flexibility index (Phi) is 5.79. The Bertz CT molecular complexity index is 859. The number of nitrogens with one attached hydrogen (secondary N) is 1. The molecule has 1 aromatic heterocycles. The average Bonchev–Trinajstić information content (AvgIpc) is 3.03. The fraction of sp³-hybridized carbons (Fsp3) is 0.450. The molecular weight excluding hydrogens is 363 g/mol. The van der Waals surface area contributed by atoms with Crippen LogP contribution in [-0.2, 0) is 4.74 Å². The van der Waals surface area contributed by atoms with E-state index in [0.717, 1.165) is 5.56 Å². The van der Waals surface area contributed by atoms with E-state index in [4.69, 9.17) is 4.74 Å². The molecule has 7 nitrogen and oxygen atoms in total. The summed E-state index contributed by atoms with van der Waals surface area (Å²) in [6, 6.07) is 5.88. The molecule has 2 N–H and O–H groups in total. The number of carbonyl (C=O) groups is 1. The first-order valence-electron chi connectivity index (χ1n) is 9.31. The topological polar surface area (TPSA) is 87.6 Å². The highest BCUT2D eigenvalue weighted by atomic mass is 19.1. The van der Waals surface area contributed by atoms with Crippen molar-refractivity contribution in [1.82, 2.24) is 9.97 Å². The van der Waals surface area contributed by atoms with Crippen molar-refractivity contribution < 1.29 is 19.0 Å². The molecule has 0 spiro atoms. The number of cyclic esters (lactones) is 1. The number of nitrogens with zero attached hydrogens (tertiary/aromatic N) is 3. The number of carbonyl (C=O) groups excluding carboxylic acids is 1. The molecule has 3 atom stereocenters. The Morgan fingerprint density at radius 2 is 2.04 bits per heavy atom. The van der Waals surface area contributed by atoms with Gasteiger partial charge < -0.3 is 15.2 Å². The normalized spacial score (nSPS) is 18.9. The predicted molar refractivity (Wildman–Crippen MR) is 104 cm³/mol. The van der Waals surface area contributed by atoms with E-state index >= 15 is 0 Å². The van der Waals surface area contributed by atoms with Gasteiger partial charge in [-0.25, -0.2) is 14.2 Å². The molecule has 1 aromatic carbocycles. The van der Waals surface area contributed by atoms with Gasteiger partial charge in [-0.05, 0) is 37.5 Å². The van der Waals surface area contributed by atoms with Gasteiger partial charge in [0.15, 0.2) is 0 Å². The monoisotopic (exact) mass is 388 g/mol. The number of hydrogen-bond acceptors (Lipinski definition) is 6. The molecule has 28 heavy (non-hydrogen) atoms. The van der Waals surface area contributed by atoms with Gasteiger partial charge in [-0.3, -0.25) is 4.90 Å². The second kappa shape index (κ2) is 8.10. The Hall–Kier alpha value is -2.74. The van der Waals surface area contributed by atoms with Gasteiger partial charge in [0.05, 0.1) is 12.1 Å². The number of benzene rings is 1. The number of ether oxygens (including phenoxy) is 1. The van der Waals surface area contributed by atoms with Crippen molar-refractivity contribution in [3.05, 3.63) is 47.4 Å². The second-order valence-corrected chi connectivity index (χ2v) is 7.29. The first kappa shape index (κ1) is 20.0. The standard InChI is InChI=1S/C20H25FN4O3/c1-11(2)14-5-6-15(16(21)9-14)12(3)23-19-22-8-7-18(24-19)25-17(13(4)26)10-28-20(25)27/h5-9,11-13,17,26H,10H2,1-4H3,(H,22,23,24)/t12-,13+,17?/m0/s1. The molecule has 0 aliphatic carbocycles. The summed E-state index contributed by atoms with van der Waals surface area (Å²) in [6.07, 6.45) is 0.157. The molecule has 3 rings (SSSR count). The number of aromatic nitrogens is 2. The summed E-state index contributed by atoms with van der Waals surface area (Å²) in [6.45, 7) is 7.52. The highest BCUT2D eigenvalue weighted by Gasteiger charge is 2.38. The summed E-state index contributed by atoms with van der Waals surface area (Å²) in [5.74, 6) is 0.517. The molecular formula is C20H25FN4O3. The van der Waals surface area contributed by atoms with Gasteiger partial charge in [-0.15, -0.1) is 0 Å². The molecule has 0 radical (unpaired) electrons. The van der Waals surface area contributed by atoms with Crippen LogP contribution >= 0.6 is 0 Å². The minimum absolute atomic E-state index is 0.0904. The zero-order valence-electron chi connectivity index (χ0n) is 16.4. The fourth-order valence-electron chi connectivity index (χ4n) is 3.13. The van der Waals surface area contributed by atoms with Gasteiger partial charge in [0, 0.05) is 11.8 Å². The number of amides is 1. The first-order chi connectivity index (χ1) is 13.3. The van der Waals surface area contributed by atoms with Gasteiger partial charge in [0.25, 0.3) is 0 Å². The van der Waals surface area contributed by atoms with Gasteiger partial charge in [-0.1, -0.05) is 26.0 Å². The van der Waals surface area contributed by atoms with E-state index in [1.807, 2.05) is 26.8 Å². The van der Waals surface area contributed by atoms with Crippen molar-refractivity contribution in [2.24, 2.45) is 0 Å². The van der Waals surface area contributed by atoms with Gasteiger partial charge in [0.2, 0.25) is 5.95 Å². The molecule has 2 heterocycles. The van der Waals surface area contributed by atoms with Crippen LogP contribution in [0.1, 0.15) is 50.8 Å². The Labute approximate surface area is 163 Å². The van der Waals surface area contributed by atoms with Crippen LogP contribution in [0.2, 0.25) is 0 Å². The van der Waals surface area contributed by atoms with Crippen LogP contribution < -0.4 is 10.2 Å². The van der Waals surface area contributed by atoms with E-state index in [9.17, 15) is 14.3 Å². The molecule has 0 bridgehead atoms. The maximum Gasteiger partial charge on any atom is 0.416 e. The van der Waals surface area contributed by atoms with Crippen LogP contribution in [0.3, 0.4) is 0 Å². The highest BCUT2D eigenvalue weighted by molar-refractivity contribution is 5.89. The Balaban J connectivity index is 1.80. The largest absolute Gasteiger partial charge is 0.447 e. The van der Waals surface area contributed by atoms with Crippen molar-refractivity contribution in [1.29, 1.82) is 0 Å². The molecule has 1 aliphatic heterocycles. The summed E-state index contributed by atoms with van der Waals surface area (Å²) in [4.78, 5) is 21.9. The second-order valence-electron chi connectivity index (χ2n) is 7.29. The lowest BCUT2D eigenvalue weighted by Crippen LogP contribution is -2.41. The van der Waals surface area contributed by atoms with E-state index in [2.05, 4.69) is 15.3 Å². The summed E-state index contributed by atoms with van der Waals surface area (Å²) < 4.78 is 19.5. The third-order valence-corrected chi connectivity index (χ3v) is 4.85. The Morgan fingerprint density at radius 3 is 2.68 bits per heavy atom. The van der Waals surface area contributed by atoms with Gasteiger partial charge >= 0.3 is 6.09 Å². The van der Waals surface area contributed by atoms with Crippen LogP contribution in [0.5, 0.6) is 0 Å². The lowest BCUT2D eigenvalue weighted by Gasteiger charge is -2.23. The number of anilines is 2. The maximum atomic E-state index is 14.5. The molecule has 0 saturated carbocycles. The van der Waals surface area contributed by atoms with Gasteiger partial charge in [-0.2, -0.15) is 4.98 Å². The summed E-state index contributed by atoms with van der Waals surface area (Å²) in [7, 11) is 0. The zero-order chi connectivity index (χ0) is 20.4. The van der Waals surface area contributed by atoms with Crippen LogP contribution in [0, 0.1) is 5.82 Å². The van der Waals surface area contributed by atoms with Crippen LogP contribution in [0.15, 0.2) is 30.5 Å². The van der Waals surface area contributed by atoms with E-state index in [0.29, 0.717) is 11.4 Å². The van der Waals surface area contributed by atoms with Gasteiger partial charge in [0.1, 0.15) is 24.3 Å². The Morgan fingerprint density at radius 1 is 1.29 bits per heavy atom. The number of aliphatic hydroxyl groups is 1. The van der Waals surface area contributed by atoms with Crippen molar-refractivity contribution >= 4 is 17.9 Å². The number of halogens is 1. The molecule has 2 aromatic rings. The van der Waals surface area contributed by atoms with Crippen molar-refractivity contribution in [2.75, 3.05) is 16.8 Å². The van der Waals surface area contributed by atoms with E-state index in [-0.39, 0.29) is 30.3 Å². The number of hydrogen-bond donors (Lipinski definition) is 2. The zero-order valence-corrected chi connectivity index (χ0v) is 16.4. The highest BCUT2D eigenvalue weighted by Crippen LogP contribution is 2.26. The van der Waals surface area contributed by atoms with Crippen LogP contribution in [-0.4, -0.2) is 39.9 Å². The predicted octanol–water partition coefficient (Wildman–Crippen LogP) is 3.62. The quantitative estimate of drug-likeness (QED) is 0.786. The minimum atomic E-state index is -0.773. The fourth-order valence-corrected chi connectivity index (χ4v) is 3.13. The summed E-state index contributed by atoms with van der Waals surface area (Å²) >= 11 is 0. The number of rotatable bonds is 6. The third-order valence-electron chi connectivity index (χ3n) is 4.85. The SMILES string of the molecule is CC(C)c1ccc([C@H](C)Nc2nccc(N3C(=O)OCC3[C@@H](C)O)n2)c(F)c1. The van der Waals surface area contributed by atoms with Crippen LogP contribution in [0.4, 0.5) is 21.0 Å². The summed E-state index contributed by atoms with van der Waals surface area (Å²) in [5, 5.41) is 12.9. The van der Waals surface area contributed by atoms with Crippen molar-refractivity contribution in [3.8, 4) is 0 Å². The van der Waals surface area contributed by atoms with Crippen LogP contribution in [0.25, 0.3) is 0 Å². The smallest absolute Gasteiger partial charge is 0.416 e. The lowest BCUT2D eigenvalue weighted by atomic mass is 9.99. The maximum absolute atomic E-state index is 14.5. The first-order valence-corrected chi connectivity index (χ1v) is 9.31.